The molecule has 214 valence electrons. The summed E-state index contributed by atoms with van der Waals surface area (Å²) >= 11 is 0. The number of hydrogen-bond acceptors (Lipinski definition) is 7. The number of methoxy groups -OCH3 is 1. The third-order valence-electron chi connectivity index (χ3n) is 7.05. The Balaban J connectivity index is 1.96. The molecule has 2 aromatic carbocycles. The summed E-state index contributed by atoms with van der Waals surface area (Å²) in [7, 11) is -1.38. The van der Waals surface area contributed by atoms with Crippen molar-refractivity contribution in [1.82, 2.24) is 10.6 Å². The predicted octanol–water partition coefficient (Wildman–Crippen LogP) is 2.93. The predicted molar refractivity (Wildman–Crippen MR) is 147 cm³/mol. The van der Waals surface area contributed by atoms with E-state index in [1.54, 1.807) is 48.5 Å². The van der Waals surface area contributed by atoms with Gasteiger partial charge in [0.15, 0.2) is 5.79 Å². The quantitative estimate of drug-likeness (QED) is 0.287. The summed E-state index contributed by atoms with van der Waals surface area (Å²) < 4.78 is 41.6. The highest BCUT2D eigenvalue weighted by Crippen LogP contribution is 2.33. The van der Waals surface area contributed by atoms with Crippen LogP contribution in [0.25, 0.3) is 0 Å². The molecule has 10 nitrogen and oxygen atoms in total. The van der Waals surface area contributed by atoms with Gasteiger partial charge in [0.05, 0.1) is 20.3 Å². The molecule has 0 spiro atoms. The molecular formula is C28H38N2O8S. The fraction of sp³-hybridized carbons (Fsp3) is 0.500. The molecule has 11 heteroatoms. The molecule has 1 fully saturated rings. The van der Waals surface area contributed by atoms with E-state index in [1.807, 2.05) is 26.8 Å². The first kappa shape index (κ1) is 30.6. The van der Waals surface area contributed by atoms with E-state index in [-0.39, 0.29) is 13.0 Å². The van der Waals surface area contributed by atoms with Gasteiger partial charge in [0, 0.05) is 19.4 Å². The highest BCUT2D eigenvalue weighted by atomic mass is 32.2. The molecule has 0 saturated carbocycles. The molecule has 0 aromatic heterocycles. The Hall–Kier alpha value is -2.96. The molecule has 2 aromatic rings. The van der Waals surface area contributed by atoms with E-state index in [0.29, 0.717) is 42.9 Å². The maximum atomic E-state index is 12.5. The first-order chi connectivity index (χ1) is 18.4. The molecule has 1 amide bonds. The monoisotopic (exact) mass is 562 g/mol. The summed E-state index contributed by atoms with van der Waals surface area (Å²) in [6, 6.07) is 15.4. The summed E-state index contributed by atoms with van der Waals surface area (Å²) in [5.41, 5.74) is -1.09. The smallest absolute Gasteiger partial charge is 0.405 e. The Labute approximate surface area is 230 Å². The van der Waals surface area contributed by atoms with E-state index >= 15 is 0 Å². The molecule has 2 atom stereocenters. The number of nitrogens with one attached hydrogen (secondary N) is 2. The molecular weight excluding hydrogens is 524 g/mol. The highest BCUT2D eigenvalue weighted by Gasteiger charge is 2.45. The van der Waals surface area contributed by atoms with Gasteiger partial charge in [-0.05, 0) is 42.0 Å². The first-order valence-corrected chi connectivity index (χ1v) is 13.8. The van der Waals surface area contributed by atoms with Crippen LogP contribution >= 0.6 is 0 Å². The van der Waals surface area contributed by atoms with Gasteiger partial charge in [-0.15, -0.1) is 0 Å². The second-order valence-electron chi connectivity index (χ2n) is 10.6. The summed E-state index contributed by atoms with van der Waals surface area (Å²) in [6.07, 6.45) is -1.97. The maximum Gasteiger partial charge on any atom is 0.405 e. The Morgan fingerprint density at radius 3 is 2.26 bits per heavy atom. The van der Waals surface area contributed by atoms with E-state index in [2.05, 4.69) is 10.6 Å². The lowest BCUT2D eigenvalue weighted by Crippen LogP contribution is -2.60. The largest absolute Gasteiger partial charge is 0.497 e. The van der Waals surface area contributed by atoms with Gasteiger partial charge in [0.2, 0.25) is 10.3 Å². The Kier molecular flexibility index (Phi) is 10.1. The molecule has 1 saturated heterocycles. The number of benzene rings is 2. The van der Waals surface area contributed by atoms with Gasteiger partial charge in [0.1, 0.15) is 22.4 Å². The van der Waals surface area contributed by atoms with Crippen molar-refractivity contribution in [2.75, 3.05) is 26.9 Å². The van der Waals surface area contributed by atoms with Crippen LogP contribution in [0, 0.1) is 5.41 Å². The SMILES string of the molecule is COc1ccc([C@](Cc2ccccc2)(NC(=O)O)[C@@H](O)C(NCC(C)(C)CCC2(C)OCCO2)=S(=O)=O)cc1. The highest BCUT2D eigenvalue weighted by molar-refractivity contribution is 7.73. The number of rotatable bonds is 12. The van der Waals surface area contributed by atoms with Gasteiger partial charge in [-0.25, -0.2) is 4.79 Å². The molecule has 39 heavy (non-hydrogen) atoms. The van der Waals surface area contributed by atoms with Gasteiger partial charge in [-0.1, -0.05) is 56.3 Å². The fourth-order valence-corrected chi connectivity index (χ4v) is 5.26. The average Bonchev–Trinajstić information content (AvgIpc) is 3.34. The molecule has 1 heterocycles. The Morgan fingerprint density at radius 1 is 1.10 bits per heavy atom. The minimum absolute atomic E-state index is 0.0214. The molecule has 3 rings (SSSR count). The maximum absolute atomic E-state index is 12.5. The van der Waals surface area contributed by atoms with E-state index in [0.717, 1.165) is 0 Å². The van der Waals surface area contributed by atoms with Crippen molar-refractivity contribution in [3.63, 3.8) is 0 Å². The lowest BCUT2D eigenvalue weighted by Gasteiger charge is -2.39. The van der Waals surface area contributed by atoms with E-state index in [1.165, 1.54) is 7.11 Å². The summed E-state index contributed by atoms with van der Waals surface area (Å²) in [5.74, 6) is -0.160. The zero-order valence-corrected chi connectivity index (χ0v) is 23.6. The minimum atomic E-state index is -2.88. The van der Waals surface area contributed by atoms with Gasteiger partial charge >= 0.3 is 6.09 Å². The van der Waals surface area contributed by atoms with E-state index in [4.69, 9.17) is 14.2 Å². The first-order valence-electron chi connectivity index (χ1n) is 12.8. The van der Waals surface area contributed by atoms with Gasteiger partial charge in [-0.2, -0.15) is 8.42 Å². The molecule has 0 radical (unpaired) electrons. The van der Waals surface area contributed by atoms with E-state index < -0.39 is 44.2 Å². The van der Waals surface area contributed by atoms with Crippen molar-refractivity contribution >= 4 is 21.4 Å². The van der Waals surface area contributed by atoms with Crippen molar-refractivity contribution in [2.24, 2.45) is 5.41 Å². The summed E-state index contributed by atoms with van der Waals surface area (Å²) in [4.78, 5) is 11.7. The average molecular weight is 563 g/mol. The van der Waals surface area contributed by atoms with Crippen LogP contribution in [0.15, 0.2) is 54.6 Å². The molecule has 4 N–H and O–H groups in total. The second-order valence-corrected chi connectivity index (χ2v) is 11.6. The van der Waals surface area contributed by atoms with Gasteiger partial charge < -0.3 is 29.7 Å². The molecule has 1 aliphatic heterocycles. The van der Waals surface area contributed by atoms with Crippen molar-refractivity contribution in [1.29, 1.82) is 0 Å². The standard InChI is InChI=1S/C28H38N2O8S/c1-26(2,14-15-27(3)37-16-17-38-27)19-29-24(39(34)35)23(31)28(30-25(32)33,18-20-8-6-5-7-9-20)21-10-12-22(36-4)13-11-21/h5-13,23,29-31H,14-19H2,1-4H3,(H,32,33)/t23-,28-/m0/s1. The van der Waals surface area contributed by atoms with Crippen LogP contribution in [-0.4, -0.2) is 68.5 Å². The van der Waals surface area contributed by atoms with Crippen LogP contribution in [-0.2, 0) is 31.7 Å². The number of aliphatic hydroxyl groups excluding tert-OH is 1. The number of hydrogen-bond donors (Lipinski definition) is 4. The van der Waals surface area contributed by atoms with Crippen molar-refractivity contribution in [3.05, 3.63) is 65.7 Å². The van der Waals surface area contributed by atoms with E-state index in [9.17, 15) is 23.4 Å². The zero-order chi connectivity index (χ0) is 28.7. The topological polar surface area (TPSA) is 143 Å². The van der Waals surface area contributed by atoms with Gasteiger partial charge in [0.25, 0.3) is 0 Å². The lowest BCUT2D eigenvalue weighted by molar-refractivity contribution is -0.151. The van der Waals surface area contributed by atoms with Crippen LogP contribution in [0.2, 0.25) is 0 Å². The number of carboxylic acid groups (broad SMARTS) is 1. The van der Waals surface area contributed by atoms with Crippen molar-refractivity contribution in [3.8, 4) is 5.75 Å². The zero-order valence-electron chi connectivity index (χ0n) is 22.8. The van der Waals surface area contributed by atoms with Crippen LogP contribution in [0.3, 0.4) is 0 Å². The van der Waals surface area contributed by atoms with Crippen LogP contribution in [0.5, 0.6) is 5.75 Å². The third kappa shape index (κ3) is 8.02. The summed E-state index contributed by atoms with van der Waals surface area (Å²) in [5, 5.41) is 27.0. The number of carbonyl (C=O) groups is 1. The molecule has 0 unspecified atom stereocenters. The number of amides is 1. The molecule has 0 aliphatic carbocycles. The second kappa shape index (κ2) is 12.9. The lowest BCUT2D eigenvalue weighted by atomic mass is 9.78. The Bertz CT molecular complexity index is 1230. The number of aliphatic hydroxyl groups is 1. The third-order valence-corrected chi connectivity index (χ3v) is 7.78. The molecule has 1 aliphatic rings. The fourth-order valence-electron chi connectivity index (χ4n) is 4.69. The van der Waals surface area contributed by atoms with Gasteiger partial charge in [-0.3, -0.25) is 5.32 Å². The molecule has 0 bridgehead atoms. The van der Waals surface area contributed by atoms with Crippen molar-refractivity contribution in [2.45, 2.75) is 57.5 Å². The van der Waals surface area contributed by atoms with Crippen LogP contribution in [0.1, 0.15) is 44.7 Å². The number of ether oxygens (including phenoxy) is 3. The Morgan fingerprint density at radius 2 is 1.72 bits per heavy atom. The summed E-state index contributed by atoms with van der Waals surface area (Å²) in [6.45, 7) is 7.06. The minimum Gasteiger partial charge on any atom is -0.497 e. The van der Waals surface area contributed by atoms with Crippen molar-refractivity contribution < 1.29 is 37.6 Å². The van der Waals surface area contributed by atoms with Crippen LogP contribution in [0.4, 0.5) is 4.79 Å². The van der Waals surface area contributed by atoms with Crippen LogP contribution < -0.4 is 15.4 Å². The normalized spacial score (nSPS) is 17.2.